The lowest BCUT2D eigenvalue weighted by molar-refractivity contribution is -0.384. The van der Waals surface area contributed by atoms with Crippen molar-refractivity contribution in [3.8, 4) is 0 Å². The predicted octanol–water partition coefficient (Wildman–Crippen LogP) is 3.45. The molecule has 0 saturated carbocycles. The molecule has 0 aliphatic heterocycles. The van der Waals surface area contributed by atoms with E-state index >= 15 is 0 Å². The highest BCUT2D eigenvalue weighted by Gasteiger charge is 2.16. The number of carbonyl (C=O) groups is 1. The molecule has 0 saturated heterocycles. The van der Waals surface area contributed by atoms with Crippen molar-refractivity contribution in [2.24, 2.45) is 0 Å². The predicted molar refractivity (Wildman–Crippen MR) is 92.2 cm³/mol. The molecule has 0 atom stereocenters. The van der Waals surface area contributed by atoms with Crippen LogP contribution in [0.25, 0.3) is 11.1 Å². The minimum Gasteiger partial charge on any atom is -0.407 e. The number of anilines is 1. The van der Waals surface area contributed by atoms with Gasteiger partial charge in [0.2, 0.25) is 5.91 Å². The number of rotatable bonds is 4. The summed E-state index contributed by atoms with van der Waals surface area (Å²) in [5, 5.41) is 14.0. The molecule has 1 heterocycles. The van der Waals surface area contributed by atoms with Crippen LogP contribution in [-0.2, 0) is 11.3 Å². The molecule has 3 aromatic rings. The van der Waals surface area contributed by atoms with Gasteiger partial charge >= 0.3 is 5.76 Å². The van der Waals surface area contributed by atoms with Crippen LogP contribution in [0.1, 0.15) is 0 Å². The summed E-state index contributed by atoms with van der Waals surface area (Å²) in [6, 6.07) is 8.22. The summed E-state index contributed by atoms with van der Waals surface area (Å²) < 4.78 is 6.03. The van der Waals surface area contributed by atoms with Gasteiger partial charge < -0.3 is 9.73 Å². The monoisotopic (exact) mass is 381 g/mol. The summed E-state index contributed by atoms with van der Waals surface area (Å²) in [6.07, 6.45) is 0. The number of nitro groups is 1. The quantitative estimate of drug-likeness (QED) is 0.549. The fraction of sp³-hybridized carbons (Fsp3) is 0.0667. The van der Waals surface area contributed by atoms with E-state index in [0.717, 1.165) is 10.6 Å². The van der Waals surface area contributed by atoms with Crippen molar-refractivity contribution < 1.29 is 14.1 Å². The summed E-state index contributed by atoms with van der Waals surface area (Å²) in [5.41, 5.74) is 0.457. The van der Waals surface area contributed by atoms with E-state index < -0.39 is 16.6 Å². The molecule has 2 aromatic carbocycles. The SMILES string of the molecule is O=C(Cn1c(=O)oc2cc([N+](=O)[O-])ccc21)Nc1cc(Cl)cc(Cl)c1. The summed E-state index contributed by atoms with van der Waals surface area (Å²) in [5.74, 6) is -1.31. The number of fused-ring (bicyclic) bond motifs is 1. The van der Waals surface area contributed by atoms with Gasteiger partial charge in [0, 0.05) is 21.8 Å². The lowest BCUT2D eigenvalue weighted by atomic mass is 10.3. The highest BCUT2D eigenvalue weighted by Crippen LogP contribution is 2.23. The molecule has 1 aromatic heterocycles. The maximum Gasteiger partial charge on any atom is 0.420 e. The van der Waals surface area contributed by atoms with Gasteiger partial charge in [-0.25, -0.2) is 4.79 Å². The number of aromatic nitrogens is 1. The molecule has 0 unspecified atom stereocenters. The van der Waals surface area contributed by atoms with Gasteiger partial charge in [-0.2, -0.15) is 0 Å². The van der Waals surface area contributed by atoms with Gasteiger partial charge in [0.05, 0.1) is 16.5 Å². The Morgan fingerprint density at radius 3 is 2.52 bits per heavy atom. The normalized spacial score (nSPS) is 10.8. The standard InChI is InChI=1S/C15H9Cl2N3O5/c16-8-3-9(17)5-10(4-8)18-14(21)7-19-12-2-1-11(20(23)24)6-13(12)25-15(19)22/h1-6H,7H2,(H,18,21). The second-order valence-corrected chi connectivity index (χ2v) is 5.94. The first-order valence-corrected chi connectivity index (χ1v) is 7.63. The van der Waals surface area contributed by atoms with Gasteiger partial charge in [-0.1, -0.05) is 23.2 Å². The van der Waals surface area contributed by atoms with Crippen molar-refractivity contribution in [2.75, 3.05) is 5.32 Å². The van der Waals surface area contributed by atoms with Crippen molar-refractivity contribution in [3.05, 3.63) is 67.1 Å². The molecule has 25 heavy (non-hydrogen) atoms. The third-order valence-electron chi connectivity index (χ3n) is 3.31. The first-order valence-electron chi connectivity index (χ1n) is 6.87. The lowest BCUT2D eigenvalue weighted by Crippen LogP contribution is -2.24. The van der Waals surface area contributed by atoms with E-state index in [-0.39, 0.29) is 23.3 Å². The molecule has 0 aliphatic carbocycles. The molecule has 0 fully saturated rings. The van der Waals surface area contributed by atoms with Gasteiger partial charge in [-0.05, 0) is 24.3 Å². The van der Waals surface area contributed by atoms with Gasteiger partial charge in [-0.3, -0.25) is 19.5 Å². The van der Waals surface area contributed by atoms with E-state index in [1.807, 2.05) is 0 Å². The minimum absolute atomic E-state index is 0.0257. The summed E-state index contributed by atoms with van der Waals surface area (Å²) >= 11 is 11.7. The van der Waals surface area contributed by atoms with Crippen molar-refractivity contribution in [1.29, 1.82) is 0 Å². The number of non-ortho nitro benzene ring substituents is 1. The second kappa shape index (κ2) is 6.58. The Balaban J connectivity index is 1.87. The Hall–Kier alpha value is -2.84. The van der Waals surface area contributed by atoms with E-state index in [2.05, 4.69) is 5.32 Å². The second-order valence-electron chi connectivity index (χ2n) is 5.07. The number of hydrogen-bond acceptors (Lipinski definition) is 5. The van der Waals surface area contributed by atoms with Crippen LogP contribution in [0.3, 0.4) is 0 Å². The smallest absolute Gasteiger partial charge is 0.407 e. The number of nitrogens with zero attached hydrogens (tertiary/aromatic N) is 2. The molecule has 128 valence electrons. The van der Waals surface area contributed by atoms with Crippen LogP contribution in [0.5, 0.6) is 0 Å². The molecule has 1 amide bonds. The molecular weight excluding hydrogens is 373 g/mol. The third kappa shape index (κ3) is 3.65. The molecule has 0 aliphatic rings. The zero-order valence-corrected chi connectivity index (χ0v) is 13.9. The van der Waals surface area contributed by atoms with E-state index in [1.165, 1.54) is 30.3 Å². The van der Waals surface area contributed by atoms with E-state index in [4.69, 9.17) is 27.6 Å². The maximum absolute atomic E-state index is 12.2. The van der Waals surface area contributed by atoms with Crippen LogP contribution in [0.2, 0.25) is 10.0 Å². The fourth-order valence-electron chi connectivity index (χ4n) is 2.29. The van der Waals surface area contributed by atoms with Crippen molar-refractivity contribution in [3.63, 3.8) is 0 Å². The van der Waals surface area contributed by atoms with Gasteiger partial charge in [0.25, 0.3) is 5.69 Å². The van der Waals surface area contributed by atoms with E-state index in [9.17, 15) is 19.7 Å². The van der Waals surface area contributed by atoms with Crippen molar-refractivity contribution in [1.82, 2.24) is 4.57 Å². The Kier molecular flexibility index (Phi) is 4.47. The van der Waals surface area contributed by atoms with Crippen LogP contribution >= 0.6 is 23.2 Å². The number of hydrogen-bond donors (Lipinski definition) is 1. The Bertz CT molecular complexity index is 1040. The summed E-state index contributed by atoms with van der Waals surface area (Å²) in [6.45, 7) is -0.340. The average Bonchev–Trinajstić information content (AvgIpc) is 2.81. The lowest BCUT2D eigenvalue weighted by Gasteiger charge is -2.07. The third-order valence-corrected chi connectivity index (χ3v) is 3.75. The Morgan fingerprint density at radius 1 is 1.20 bits per heavy atom. The van der Waals surface area contributed by atoms with Crippen LogP contribution in [0.4, 0.5) is 11.4 Å². The summed E-state index contributed by atoms with van der Waals surface area (Å²) in [7, 11) is 0. The molecule has 1 N–H and O–H groups in total. The topological polar surface area (TPSA) is 107 Å². The molecular formula is C15H9Cl2N3O5. The molecule has 8 nitrogen and oxygen atoms in total. The van der Waals surface area contributed by atoms with Crippen LogP contribution in [-0.4, -0.2) is 15.4 Å². The molecule has 3 rings (SSSR count). The number of benzene rings is 2. The fourth-order valence-corrected chi connectivity index (χ4v) is 2.81. The number of amides is 1. The zero-order chi connectivity index (χ0) is 18.1. The number of nitro benzene ring substituents is 1. The van der Waals surface area contributed by atoms with E-state index in [1.54, 1.807) is 0 Å². The zero-order valence-electron chi connectivity index (χ0n) is 12.4. The summed E-state index contributed by atoms with van der Waals surface area (Å²) in [4.78, 5) is 34.2. The number of halogens is 2. The molecule has 10 heteroatoms. The van der Waals surface area contributed by atoms with Crippen molar-refractivity contribution in [2.45, 2.75) is 6.54 Å². The van der Waals surface area contributed by atoms with E-state index in [0.29, 0.717) is 15.7 Å². The number of carbonyl (C=O) groups excluding carboxylic acids is 1. The molecule has 0 bridgehead atoms. The molecule has 0 spiro atoms. The van der Waals surface area contributed by atoms with Crippen LogP contribution in [0, 0.1) is 10.1 Å². The first-order chi connectivity index (χ1) is 11.8. The molecule has 0 radical (unpaired) electrons. The average molecular weight is 382 g/mol. The number of nitrogens with one attached hydrogen (secondary N) is 1. The van der Waals surface area contributed by atoms with Gasteiger partial charge in [-0.15, -0.1) is 0 Å². The maximum atomic E-state index is 12.2. The van der Waals surface area contributed by atoms with Crippen LogP contribution in [0.15, 0.2) is 45.6 Å². The van der Waals surface area contributed by atoms with Gasteiger partial charge in [0.1, 0.15) is 6.54 Å². The first kappa shape index (κ1) is 17.0. The number of oxazole rings is 1. The highest BCUT2D eigenvalue weighted by molar-refractivity contribution is 6.35. The van der Waals surface area contributed by atoms with Gasteiger partial charge in [0.15, 0.2) is 5.58 Å². The van der Waals surface area contributed by atoms with Crippen LogP contribution < -0.4 is 11.1 Å². The minimum atomic E-state index is -0.797. The largest absolute Gasteiger partial charge is 0.420 e. The highest BCUT2D eigenvalue weighted by atomic mass is 35.5. The Labute approximate surface area is 149 Å². The van der Waals surface area contributed by atoms with Crippen molar-refractivity contribution >= 4 is 51.6 Å². The Morgan fingerprint density at radius 2 is 1.88 bits per heavy atom.